The molecule has 0 bridgehead atoms. The van der Waals surface area contributed by atoms with Crippen molar-refractivity contribution in [1.29, 1.82) is 0 Å². The Bertz CT molecular complexity index is 980. The van der Waals surface area contributed by atoms with E-state index in [1.165, 1.54) is 24.3 Å². The van der Waals surface area contributed by atoms with Crippen molar-refractivity contribution in [3.05, 3.63) is 62.6 Å². The molecule has 0 atom stereocenters. The number of nitrogens with zero attached hydrogens (tertiary/aromatic N) is 1. The molecule has 0 radical (unpaired) electrons. The number of hydrogen-bond acceptors (Lipinski definition) is 7. The molecule has 1 aromatic carbocycles. The molecule has 1 aromatic rings. The van der Waals surface area contributed by atoms with Gasteiger partial charge in [-0.15, -0.1) is 0 Å². The van der Waals surface area contributed by atoms with Crippen LogP contribution in [0.25, 0.3) is 0 Å². The number of aliphatic hydroxyl groups is 2. The average Bonchev–Trinajstić information content (AvgIpc) is 2.71. The van der Waals surface area contributed by atoms with Crippen molar-refractivity contribution >= 4 is 17.3 Å². The first-order valence-electron chi connectivity index (χ1n) is 12.1. The van der Waals surface area contributed by atoms with Gasteiger partial charge in [0.2, 0.25) is 0 Å². The van der Waals surface area contributed by atoms with E-state index in [0.29, 0.717) is 5.56 Å². The molecule has 0 spiro atoms. The summed E-state index contributed by atoms with van der Waals surface area (Å²) in [4.78, 5) is 36.6. The van der Waals surface area contributed by atoms with E-state index >= 15 is 0 Å². The number of Topliss-reactive ketones (excluding diaryl/α,β-unsaturated/α-hetero) is 2. The van der Waals surface area contributed by atoms with Crippen LogP contribution < -0.4 is 5.32 Å². The first-order valence-corrected chi connectivity index (χ1v) is 12.1. The van der Waals surface area contributed by atoms with E-state index in [2.05, 4.69) is 19.2 Å². The lowest BCUT2D eigenvalue weighted by Crippen LogP contribution is -2.33. The fourth-order valence-electron chi connectivity index (χ4n) is 4.78. The third-order valence-corrected chi connectivity index (χ3v) is 6.31. The van der Waals surface area contributed by atoms with Gasteiger partial charge >= 0.3 is 0 Å². The number of benzene rings is 1. The minimum Gasteiger partial charge on any atom is -0.512 e. The van der Waals surface area contributed by atoms with Crippen LogP contribution in [0.15, 0.2) is 46.9 Å². The topological polar surface area (TPSA) is 130 Å². The molecule has 0 amide bonds. The Labute approximate surface area is 207 Å². The van der Waals surface area contributed by atoms with E-state index in [1.807, 2.05) is 27.7 Å². The minimum atomic E-state index is -0.960. The van der Waals surface area contributed by atoms with Crippen LogP contribution in [0.1, 0.15) is 78.7 Å². The summed E-state index contributed by atoms with van der Waals surface area (Å²) >= 11 is 0. The zero-order valence-corrected chi connectivity index (χ0v) is 21.6. The van der Waals surface area contributed by atoms with Crippen molar-refractivity contribution in [2.24, 2.45) is 10.8 Å². The number of nitro benzene ring substituents is 1. The molecule has 0 saturated carbocycles. The van der Waals surface area contributed by atoms with Gasteiger partial charge < -0.3 is 15.5 Å². The Morgan fingerprint density at radius 2 is 1.26 bits per heavy atom. The zero-order chi connectivity index (χ0) is 26.6. The second kappa shape index (κ2) is 11.2. The van der Waals surface area contributed by atoms with E-state index in [9.17, 15) is 29.9 Å². The van der Waals surface area contributed by atoms with Crippen LogP contribution in [-0.4, -0.2) is 39.8 Å². The molecule has 35 heavy (non-hydrogen) atoms. The van der Waals surface area contributed by atoms with Crippen molar-refractivity contribution in [2.75, 3.05) is 13.1 Å². The van der Waals surface area contributed by atoms with Gasteiger partial charge in [0, 0.05) is 54.9 Å². The molecular formula is C27H38N2O6. The Balaban J connectivity index is 0.000000784. The molecule has 192 valence electrons. The maximum Gasteiger partial charge on any atom is 0.269 e. The number of nitrogens with one attached hydrogen (secondary N) is 1. The highest BCUT2D eigenvalue weighted by molar-refractivity contribution is 6.05. The summed E-state index contributed by atoms with van der Waals surface area (Å²) in [6.45, 7) is 13.9. The predicted molar refractivity (Wildman–Crippen MR) is 135 cm³/mol. The van der Waals surface area contributed by atoms with Gasteiger partial charge in [0.05, 0.1) is 4.92 Å². The fourth-order valence-corrected chi connectivity index (χ4v) is 4.78. The number of ketones is 2. The van der Waals surface area contributed by atoms with Gasteiger partial charge in [-0.05, 0) is 29.5 Å². The number of hydrogen-bond donors (Lipinski definition) is 3. The van der Waals surface area contributed by atoms with Crippen molar-refractivity contribution < 1.29 is 24.7 Å². The smallest absolute Gasteiger partial charge is 0.269 e. The summed E-state index contributed by atoms with van der Waals surface area (Å²) in [5.41, 5.74) is -0.319. The number of carbonyl (C=O) groups excluding carboxylic acids is 2. The van der Waals surface area contributed by atoms with E-state index in [4.69, 9.17) is 0 Å². The molecule has 2 aliphatic carbocycles. The Kier molecular flexibility index (Phi) is 9.00. The van der Waals surface area contributed by atoms with Crippen LogP contribution in [0.2, 0.25) is 0 Å². The van der Waals surface area contributed by atoms with E-state index < -0.39 is 21.7 Å². The predicted octanol–water partition coefficient (Wildman–Crippen LogP) is 5.70. The van der Waals surface area contributed by atoms with E-state index in [-0.39, 0.29) is 65.6 Å². The highest BCUT2D eigenvalue weighted by Crippen LogP contribution is 2.47. The number of rotatable bonds is 6. The third kappa shape index (κ3) is 7.01. The molecule has 0 fully saturated rings. The summed E-state index contributed by atoms with van der Waals surface area (Å²) in [6.07, 6.45) is 0.934. The van der Waals surface area contributed by atoms with Gasteiger partial charge in [0.25, 0.3) is 5.69 Å². The number of aliphatic hydroxyl groups excluding tert-OH is 2. The summed E-state index contributed by atoms with van der Waals surface area (Å²) in [5.74, 6) is -1.73. The lowest BCUT2D eigenvalue weighted by Gasteiger charge is -2.36. The van der Waals surface area contributed by atoms with Crippen molar-refractivity contribution in [3.63, 3.8) is 0 Å². The SMILES string of the molecule is CC1(C)CC(=O)C(C(C2=C(O)CC(C)(C)CC2=O)c2ccc([N+](=O)[O-])cc2)=C(O)C1.CCNCC. The molecule has 0 saturated heterocycles. The van der Waals surface area contributed by atoms with Crippen LogP contribution in [0.4, 0.5) is 5.69 Å². The Hall–Kier alpha value is -3.00. The maximum atomic E-state index is 13.1. The first-order chi connectivity index (χ1) is 16.2. The summed E-state index contributed by atoms with van der Waals surface area (Å²) in [6, 6.07) is 5.55. The van der Waals surface area contributed by atoms with Crippen molar-refractivity contribution in [3.8, 4) is 0 Å². The Morgan fingerprint density at radius 1 is 0.857 bits per heavy atom. The molecule has 3 rings (SSSR count). The fraction of sp³-hybridized carbons (Fsp3) is 0.556. The first kappa shape index (κ1) is 28.2. The second-order valence-corrected chi connectivity index (χ2v) is 10.8. The third-order valence-electron chi connectivity index (χ3n) is 6.31. The van der Waals surface area contributed by atoms with Gasteiger partial charge in [-0.2, -0.15) is 0 Å². The largest absolute Gasteiger partial charge is 0.512 e. The van der Waals surface area contributed by atoms with Crippen LogP contribution >= 0.6 is 0 Å². The molecule has 0 aromatic heterocycles. The normalized spacial score (nSPS) is 19.5. The van der Waals surface area contributed by atoms with Gasteiger partial charge in [0.15, 0.2) is 11.6 Å². The molecular weight excluding hydrogens is 448 g/mol. The number of allylic oxidation sites excluding steroid dienone is 4. The average molecular weight is 487 g/mol. The van der Waals surface area contributed by atoms with Gasteiger partial charge in [0.1, 0.15) is 11.5 Å². The molecule has 0 unspecified atom stereocenters. The molecule has 8 nitrogen and oxygen atoms in total. The van der Waals surface area contributed by atoms with Crippen molar-refractivity contribution in [1.82, 2.24) is 5.32 Å². The van der Waals surface area contributed by atoms with Crippen LogP contribution in [-0.2, 0) is 9.59 Å². The molecule has 0 heterocycles. The highest BCUT2D eigenvalue weighted by Gasteiger charge is 2.43. The molecule has 8 heteroatoms. The van der Waals surface area contributed by atoms with E-state index in [0.717, 1.165) is 13.1 Å². The second-order valence-electron chi connectivity index (χ2n) is 10.8. The van der Waals surface area contributed by atoms with Gasteiger partial charge in [-0.1, -0.05) is 53.7 Å². The number of carbonyl (C=O) groups is 2. The molecule has 3 N–H and O–H groups in total. The highest BCUT2D eigenvalue weighted by atomic mass is 16.6. The number of non-ortho nitro benzene ring substituents is 1. The standard InChI is InChI=1S/C23H27NO6.C4H11N/c1-22(2)9-15(25)20(16(26)10-22)19(13-5-7-14(8-6-13)24(29)30)21-17(27)11-23(3,4)12-18(21)28;1-3-5-4-2/h5-8,19,25,27H,9-12H2,1-4H3;5H,3-4H2,1-2H3. The lowest BCUT2D eigenvalue weighted by molar-refractivity contribution is -0.384. The molecule has 2 aliphatic rings. The number of nitro groups is 1. The van der Waals surface area contributed by atoms with Crippen LogP contribution in [0.5, 0.6) is 0 Å². The molecule has 0 aliphatic heterocycles. The van der Waals surface area contributed by atoms with Gasteiger partial charge in [-0.3, -0.25) is 19.7 Å². The van der Waals surface area contributed by atoms with Gasteiger partial charge in [-0.25, -0.2) is 0 Å². The van der Waals surface area contributed by atoms with Crippen molar-refractivity contribution in [2.45, 2.75) is 73.1 Å². The summed E-state index contributed by atoms with van der Waals surface area (Å²) in [5, 5.41) is 35.7. The zero-order valence-electron chi connectivity index (χ0n) is 21.6. The summed E-state index contributed by atoms with van der Waals surface area (Å²) in [7, 11) is 0. The monoisotopic (exact) mass is 486 g/mol. The Morgan fingerprint density at radius 3 is 1.54 bits per heavy atom. The quantitative estimate of drug-likeness (QED) is 0.347. The van der Waals surface area contributed by atoms with Crippen LogP contribution in [0.3, 0.4) is 0 Å². The minimum absolute atomic E-state index is 0.0952. The maximum absolute atomic E-state index is 13.1. The van der Waals surface area contributed by atoms with E-state index in [1.54, 1.807) is 0 Å². The lowest BCUT2D eigenvalue weighted by atomic mass is 9.67. The van der Waals surface area contributed by atoms with Crippen LogP contribution in [0, 0.1) is 20.9 Å². The summed E-state index contributed by atoms with van der Waals surface area (Å²) < 4.78 is 0.